The first kappa shape index (κ1) is 15.7. The molecule has 2 aromatic carbocycles. The number of rotatable bonds is 5. The Morgan fingerprint density at radius 2 is 1.87 bits per heavy atom. The van der Waals surface area contributed by atoms with Gasteiger partial charge in [-0.2, -0.15) is 0 Å². The van der Waals surface area contributed by atoms with E-state index >= 15 is 0 Å². The monoisotopic (exact) mass is 311 g/mol. The molecule has 1 saturated carbocycles. The molecule has 0 saturated heterocycles. The van der Waals surface area contributed by atoms with Crippen LogP contribution in [-0.2, 0) is 11.4 Å². The van der Waals surface area contributed by atoms with Gasteiger partial charge in [-0.25, -0.2) is 4.39 Å². The van der Waals surface area contributed by atoms with Gasteiger partial charge in [0.15, 0.2) is 0 Å². The number of hydrogen-bond donors (Lipinski definition) is 0. The van der Waals surface area contributed by atoms with Crippen LogP contribution < -0.4 is 0 Å². The molecule has 0 atom stereocenters. The molecule has 1 fully saturated rings. The van der Waals surface area contributed by atoms with Crippen molar-refractivity contribution >= 4 is 6.21 Å². The lowest BCUT2D eigenvalue weighted by Crippen LogP contribution is -2.04. The second kappa shape index (κ2) is 7.91. The van der Waals surface area contributed by atoms with E-state index in [-0.39, 0.29) is 12.4 Å². The summed E-state index contributed by atoms with van der Waals surface area (Å²) in [6, 6.07) is 15.1. The first-order chi connectivity index (χ1) is 11.3. The molecule has 1 aliphatic carbocycles. The predicted molar refractivity (Wildman–Crippen MR) is 91.1 cm³/mol. The van der Waals surface area contributed by atoms with E-state index < -0.39 is 0 Å². The molecule has 0 amide bonds. The molecule has 23 heavy (non-hydrogen) atoms. The van der Waals surface area contributed by atoms with Crippen LogP contribution in [0.2, 0.25) is 0 Å². The maximum atomic E-state index is 13.5. The number of nitrogens with zero attached hydrogens (tertiary/aromatic N) is 1. The Morgan fingerprint density at radius 1 is 1.04 bits per heavy atom. The van der Waals surface area contributed by atoms with Crippen molar-refractivity contribution in [2.24, 2.45) is 5.16 Å². The second-order valence-corrected chi connectivity index (χ2v) is 6.10. The number of benzene rings is 2. The summed E-state index contributed by atoms with van der Waals surface area (Å²) in [6.07, 6.45) is 8.28. The SMILES string of the molecule is Fc1ccccc1CON=Cc1cccc(C2CCCCC2)c1. The van der Waals surface area contributed by atoms with Gasteiger partial charge in [0.2, 0.25) is 0 Å². The molecule has 0 aromatic heterocycles. The van der Waals surface area contributed by atoms with Crippen molar-refractivity contribution < 1.29 is 9.23 Å². The van der Waals surface area contributed by atoms with Crippen molar-refractivity contribution in [2.75, 3.05) is 0 Å². The van der Waals surface area contributed by atoms with Gasteiger partial charge in [-0.3, -0.25) is 0 Å². The third-order valence-corrected chi connectivity index (χ3v) is 4.44. The van der Waals surface area contributed by atoms with Gasteiger partial charge >= 0.3 is 0 Å². The van der Waals surface area contributed by atoms with Gasteiger partial charge in [0.05, 0.1) is 6.21 Å². The van der Waals surface area contributed by atoms with Gasteiger partial charge < -0.3 is 4.84 Å². The fourth-order valence-electron chi connectivity index (χ4n) is 3.15. The molecule has 0 aliphatic heterocycles. The van der Waals surface area contributed by atoms with Crippen LogP contribution in [0.1, 0.15) is 54.7 Å². The smallest absolute Gasteiger partial charge is 0.145 e. The molecule has 0 radical (unpaired) electrons. The van der Waals surface area contributed by atoms with Crippen molar-refractivity contribution in [2.45, 2.75) is 44.6 Å². The summed E-state index contributed by atoms with van der Waals surface area (Å²) in [6.45, 7) is 0.144. The van der Waals surface area contributed by atoms with Gasteiger partial charge in [0, 0.05) is 5.56 Å². The van der Waals surface area contributed by atoms with Crippen LogP contribution >= 0.6 is 0 Å². The fourth-order valence-corrected chi connectivity index (χ4v) is 3.15. The van der Waals surface area contributed by atoms with Gasteiger partial charge in [0.25, 0.3) is 0 Å². The maximum Gasteiger partial charge on any atom is 0.145 e. The molecule has 1 aliphatic rings. The van der Waals surface area contributed by atoms with Crippen molar-refractivity contribution in [1.82, 2.24) is 0 Å². The normalized spacial score (nSPS) is 15.9. The van der Waals surface area contributed by atoms with Crippen LogP contribution in [0.5, 0.6) is 0 Å². The van der Waals surface area contributed by atoms with E-state index in [1.54, 1.807) is 24.4 Å². The van der Waals surface area contributed by atoms with Gasteiger partial charge in [-0.1, -0.05) is 60.8 Å². The van der Waals surface area contributed by atoms with Crippen LogP contribution in [0.4, 0.5) is 4.39 Å². The van der Waals surface area contributed by atoms with E-state index in [2.05, 4.69) is 23.4 Å². The molecular formula is C20H22FNO. The Hall–Kier alpha value is -2.16. The first-order valence-corrected chi connectivity index (χ1v) is 8.31. The summed E-state index contributed by atoms with van der Waals surface area (Å²) >= 11 is 0. The maximum absolute atomic E-state index is 13.5. The van der Waals surface area contributed by atoms with Gasteiger partial charge in [-0.05, 0) is 42.0 Å². The zero-order chi connectivity index (χ0) is 15.9. The van der Waals surface area contributed by atoms with E-state index in [4.69, 9.17) is 4.84 Å². The Morgan fingerprint density at radius 3 is 2.70 bits per heavy atom. The van der Waals surface area contributed by atoms with E-state index in [1.807, 2.05) is 6.07 Å². The summed E-state index contributed by atoms with van der Waals surface area (Å²) in [4.78, 5) is 5.22. The highest BCUT2D eigenvalue weighted by Crippen LogP contribution is 2.32. The van der Waals surface area contributed by atoms with Crippen LogP contribution in [0.25, 0.3) is 0 Å². The summed E-state index contributed by atoms with van der Waals surface area (Å²) in [5.41, 5.74) is 2.94. The third-order valence-electron chi connectivity index (χ3n) is 4.44. The Labute approximate surface area is 137 Å². The highest BCUT2D eigenvalue weighted by molar-refractivity contribution is 5.79. The minimum atomic E-state index is -0.262. The molecule has 2 aromatic rings. The lowest BCUT2D eigenvalue weighted by molar-refractivity contribution is 0.129. The van der Waals surface area contributed by atoms with Crippen molar-refractivity contribution in [1.29, 1.82) is 0 Å². The number of halogens is 1. The van der Waals surface area contributed by atoms with E-state index in [1.165, 1.54) is 43.7 Å². The molecule has 120 valence electrons. The Balaban J connectivity index is 1.58. The third kappa shape index (κ3) is 4.41. The largest absolute Gasteiger partial charge is 0.391 e. The summed E-state index contributed by atoms with van der Waals surface area (Å²) in [5, 5.41) is 3.97. The fraction of sp³-hybridized carbons (Fsp3) is 0.350. The average molecular weight is 311 g/mol. The second-order valence-electron chi connectivity index (χ2n) is 6.10. The van der Waals surface area contributed by atoms with Crippen molar-refractivity contribution in [3.8, 4) is 0 Å². The highest BCUT2D eigenvalue weighted by atomic mass is 19.1. The molecule has 3 rings (SSSR count). The standard InChI is InChI=1S/C20H22FNO/c21-20-12-5-4-10-19(20)15-23-22-14-16-7-6-11-18(13-16)17-8-2-1-3-9-17/h4-7,10-14,17H,1-3,8-9,15H2. The van der Waals surface area contributed by atoms with Gasteiger partial charge in [-0.15, -0.1) is 0 Å². The summed E-state index contributed by atoms with van der Waals surface area (Å²) in [7, 11) is 0. The molecule has 0 N–H and O–H groups in total. The summed E-state index contributed by atoms with van der Waals surface area (Å²) < 4.78 is 13.5. The lowest BCUT2D eigenvalue weighted by Gasteiger charge is -2.22. The Kier molecular flexibility index (Phi) is 5.41. The first-order valence-electron chi connectivity index (χ1n) is 8.31. The predicted octanol–water partition coefficient (Wildman–Crippen LogP) is 5.42. The zero-order valence-corrected chi connectivity index (χ0v) is 13.2. The van der Waals surface area contributed by atoms with Crippen LogP contribution in [-0.4, -0.2) is 6.21 Å². The minimum Gasteiger partial charge on any atom is -0.391 e. The lowest BCUT2D eigenvalue weighted by atomic mass is 9.84. The molecule has 2 nitrogen and oxygen atoms in total. The number of oxime groups is 1. The molecule has 0 heterocycles. The Bertz CT molecular complexity index is 662. The van der Waals surface area contributed by atoms with Crippen LogP contribution in [0.3, 0.4) is 0 Å². The number of hydrogen-bond acceptors (Lipinski definition) is 2. The highest BCUT2D eigenvalue weighted by Gasteiger charge is 2.15. The van der Waals surface area contributed by atoms with Crippen LogP contribution in [0, 0.1) is 5.82 Å². The van der Waals surface area contributed by atoms with Gasteiger partial charge in [0.1, 0.15) is 12.4 Å². The summed E-state index contributed by atoms with van der Waals surface area (Å²) in [5.74, 6) is 0.415. The van der Waals surface area contributed by atoms with E-state index in [0.717, 1.165) is 5.56 Å². The average Bonchev–Trinajstić information content (AvgIpc) is 2.61. The van der Waals surface area contributed by atoms with Crippen molar-refractivity contribution in [3.63, 3.8) is 0 Å². The molecule has 0 bridgehead atoms. The van der Waals surface area contributed by atoms with E-state index in [9.17, 15) is 4.39 Å². The molecule has 3 heteroatoms. The quantitative estimate of drug-likeness (QED) is 0.533. The van der Waals surface area contributed by atoms with Crippen molar-refractivity contribution in [3.05, 3.63) is 71.0 Å². The molecule has 0 unspecified atom stereocenters. The minimum absolute atomic E-state index is 0.144. The van der Waals surface area contributed by atoms with Crippen LogP contribution in [0.15, 0.2) is 53.7 Å². The van der Waals surface area contributed by atoms with E-state index in [0.29, 0.717) is 11.5 Å². The molecular weight excluding hydrogens is 289 g/mol. The molecule has 0 spiro atoms. The topological polar surface area (TPSA) is 21.6 Å². The zero-order valence-electron chi connectivity index (χ0n) is 13.2.